The van der Waals surface area contributed by atoms with Crippen molar-refractivity contribution < 1.29 is 19.5 Å². The van der Waals surface area contributed by atoms with Gasteiger partial charge in [0.1, 0.15) is 0 Å². The van der Waals surface area contributed by atoms with E-state index < -0.39 is 11.4 Å². The second-order valence-corrected chi connectivity index (χ2v) is 12.2. The Hall–Kier alpha value is -2.85. The van der Waals surface area contributed by atoms with Crippen molar-refractivity contribution in [3.8, 4) is 0 Å². The number of benzene rings is 2. The summed E-state index contributed by atoms with van der Waals surface area (Å²) in [5.41, 5.74) is 1.36. The van der Waals surface area contributed by atoms with Crippen molar-refractivity contribution in [1.29, 1.82) is 0 Å². The van der Waals surface area contributed by atoms with E-state index in [4.69, 9.17) is 23.2 Å². The molecule has 0 aromatic heterocycles. The quantitative estimate of drug-likeness (QED) is 0.371. The summed E-state index contributed by atoms with van der Waals surface area (Å²) in [5, 5.41) is 13.8. The monoisotopic (exact) mass is 603 g/mol. The van der Waals surface area contributed by atoms with Crippen molar-refractivity contribution in [2.75, 3.05) is 64.3 Å². The lowest BCUT2D eigenvalue weighted by molar-refractivity contribution is -0.140. The number of carboxylic acids is 1. The Morgan fingerprint density at radius 1 is 1.00 bits per heavy atom. The van der Waals surface area contributed by atoms with E-state index in [1.807, 2.05) is 31.2 Å². The van der Waals surface area contributed by atoms with Crippen LogP contribution in [0.25, 0.3) is 0 Å². The van der Waals surface area contributed by atoms with E-state index in [9.17, 15) is 19.5 Å². The van der Waals surface area contributed by atoms with Gasteiger partial charge in [0.05, 0.1) is 6.42 Å². The standard InChI is InChI=1S/C30H39Cl2N5O4/c1-22-4-8-25(9-5-22)37-21-30(18-28(39)40,17-27(38)33-10-3-11-35-14-12-34(2)13-15-35)20-36(29(37)41)19-23-6-7-24(31)16-26(23)32/h4-9,16H,3,10-15,17-21H2,1-2H3,(H,33,38)(H,39,40). The van der Waals surface area contributed by atoms with Crippen LogP contribution in [0.1, 0.15) is 30.4 Å². The van der Waals surface area contributed by atoms with E-state index in [0.29, 0.717) is 27.8 Å². The maximum Gasteiger partial charge on any atom is 0.324 e. The largest absolute Gasteiger partial charge is 0.481 e. The fraction of sp³-hybridized carbons (Fsp3) is 0.500. The molecule has 2 aliphatic rings. The molecule has 2 fully saturated rings. The molecule has 0 saturated carbocycles. The average Bonchev–Trinajstić information content (AvgIpc) is 2.91. The van der Waals surface area contributed by atoms with Crippen LogP contribution in [0.2, 0.25) is 10.0 Å². The van der Waals surface area contributed by atoms with Crippen LogP contribution in [-0.2, 0) is 16.1 Å². The molecule has 2 N–H and O–H groups in total. The van der Waals surface area contributed by atoms with Gasteiger partial charge in [0, 0.05) is 79.9 Å². The van der Waals surface area contributed by atoms with Crippen molar-refractivity contribution in [2.45, 2.75) is 32.7 Å². The van der Waals surface area contributed by atoms with Crippen molar-refractivity contribution in [1.82, 2.24) is 20.0 Å². The summed E-state index contributed by atoms with van der Waals surface area (Å²) in [6.45, 7) is 7.86. The van der Waals surface area contributed by atoms with E-state index in [1.54, 1.807) is 28.0 Å². The van der Waals surface area contributed by atoms with Crippen LogP contribution < -0.4 is 10.2 Å². The molecular weight excluding hydrogens is 565 g/mol. The minimum absolute atomic E-state index is 0.0195. The molecule has 0 aliphatic carbocycles. The molecule has 2 aliphatic heterocycles. The minimum atomic E-state index is -1.02. The lowest BCUT2D eigenvalue weighted by Gasteiger charge is -2.47. The Morgan fingerprint density at radius 3 is 2.37 bits per heavy atom. The summed E-state index contributed by atoms with van der Waals surface area (Å²) in [6, 6.07) is 12.3. The Morgan fingerprint density at radius 2 is 1.71 bits per heavy atom. The van der Waals surface area contributed by atoms with E-state index in [2.05, 4.69) is 22.2 Å². The first-order valence-electron chi connectivity index (χ1n) is 14.0. The number of piperazine rings is 1. The Kier molecular flexibility index (Phi) is 10.5. The number of urea groups is 1. The number of anilines is 1. The molecule has 2 heterocycles. The van der Waals surface area contributed by atoms with Gasteiger partial charge in [-0.05, 0) is 56.8 Å². The molecule has 2 saturated heterocycles. The van der Waals surface area contributed by atoms with Crippen LogP contribution in [0.4, 0.5) is 10.5 Å². The van der Waals surface area contributed by atoms with Gasteiger partial charge in [0.25, 0.3) is 0 Å². The second-order valence-electron chi connectivity index (χ2n) is 11.4. The van der Waals surface area contributed by atoms with Crippen molar-refractivity contribution in [3.05, 3.63) is 63.6 Å². The van der Waals surface area contributed by atoms with Crippen LogP contribution in [-0.4, -0.2) is 97.1 Å². The number of carboxylic acid groups (broad SMARTS) is 1. The fourth-order valence-electron chi connectivity index (χ4n) is 5.61. The van der Waals surface area contributed by atoms with Crippen LogP contribution in [0, 0.1) is 12.3 Å². The normalized spacial score (nSPS) is 20.3. The number of rotatable bonds is 11. The van der Waals surface area contributed by atoms with E-state index in [0.717, 1.165) is 44.7 Å². The van der Waals surface area contributed by atoms with E-state index in [-0.39, 0.29) is 44.4 Å². The third-order valence-corrected chi connectivity index (χ3v) is 8.46. The molecule has 9 nitrogen and oxygen atoms in total. The number of nitrogens with zero attached hydrogens (tertiary/aromatic N) is 4. The highest BCUT2D eigenvalue weighted by molar-refractivity contribution is 6.35. The smallest absolute Gasteiger partial charge is 0.324 e. The Labute approximate surface area is 252 Å². The molecule has 3 amide bonds. The van der Waals surface area contributed by atoms with Gasteiger partial charge in [-0.2, -0.15) is 0 Å². The number of aliphatic carboxylic acids is 1. The third-order valence-electron chi connectivity index (χ3n) is 7.87. The maximum absolute atomic E-state index is 13.8. The molecule has 2 aromatic carbocycles. The van der Waals surface area contributed by atoms with Gasteiger partial charge >= 0.3 is 12.0 Å². The number of nitrogens with one attached hydrogen (secondary N) is 1. The van der Waals surface area contributed by atoms with Crippen molar-refractivity contribution in [2.24, 2.45) is 5.41 Å². The zero-order chi connectivity index (χ0) is 29.6. The first-order chi connectivity index (χ1) is 19.5. The summed E-state index contributed by atoms with van der Waals surface area (Å²) in [7, 11) is 2.12. The molecule has 41 heavy (non-hydrogen) atoms. The van der Waals surface area contributed by atoms with Gasteiger partial charge in [-0.3, -0.25) is 14.5 Å². The number of halogens is 2. The molecule has 1 unspecified atom stereocenters. The second kappa shape index (κ2) is 13.9. The topological polar surface area (TPSA) is 96.4 Å². The summed E-state index contributed by atoms with van der Waals surface area (Å²) in [5.74, 6) is -1.23. The molecule has 4 rings (SSSR count). The number of hydrogen-bond acceptors (Lipinski definition) is 5. The first-order valence-corrected chi connectivity index (χ1v) is 14.8. The number of hydrogen-bond donors (Lipinski definition) is 2. The highest BCUT2D eigenvalue weighted by Crippen LogP contribution is 2.37. The van der Waals surface area contributed by atoms with Gasteiger partial charge in [0.15, 0.2) is 0 Å². The summed E-state index contributed by atoms with van der Waals surface area (Å²) in [4.78, 5) is 47.0. The summed E-state index contributed by atoms with van der Waals surface area (Å²) in [6.07, 6.45) is 0.535. The van der Waals surface area contributed by atoms with E-state index in [1.165, 1.54) is 0 Å². The lowest BCUT2D eigenvalue weighted by atomic mass is 9.78. The number of aryl methyl sites for hydroxylation is 1. The molecule has 11 heteroatoms. The SMILES string of the molecule is Cc1ccc(N2CC(CC(=O)O)(CC(=O)NCCCN3CCN(C)CC3)CN(Cc3ccc(Cl)cc3Cl)C2=O)cc1. The Balaban J connectivity index is 1.51. The van der Waals surface area contributed by atoms with Crippen LogP contribution in [0.15, 0.2) is 42.5 Å². The molecule has 0 spiro atoms. The van der Waals surface area contributed by atoms with Gasteiger partial charge in [-0.1, -0.05) is 47.0 Å². The number of likely N-dealkylation sites (N-methyl/N-ethyl adjacent to an activating group) is 1. The average molecular weight is 605 g/mol. The highest BCUT2D eigenvalue weighted by atomic mass is 35.5. The maximum atomic E-state index is 13.8. The predicted molar refractivity (Wildman–Crippen MR) is 162 cm³/mol. The molecule has 2 aromatic rings. The predicted octanol–water partition coefficient (Wildman–Crippen LogP) is 4.35. The van der Waals surface area contributed by atoms with Gasteiger partial charge in [-0.15, -0.1) is 0 Å². The zero-order valence-electron chi connectivity index (χ0n) is 23.7. The van der Waals surface area contributed by atoms with E-state index >= 15 is 0 Å². The van der Waals surface area contributed by atoms with Crippen LogP contribution in [0.3, 0.4) is 0 Å². The Bertz CT molecular complexity index is 1240. The molecule has 1 atom stereocenters. The number of carbonyl (C=O) groups is 3. The molecule has 0 radical (unpaired) electrons. The summed E-state index contributed by atoms with van der Waals surface area (Å²) < 4.78 is 0. The van der Waals surface area contributed by atoms with Gasteiger partial charge in [0.2, 0.25) is 5.91 Å². The van der Waals surface area contributed by atoms with Gasteiger partial charge < -0.3 is 25.1 Å². The van der Waals surface area contributed by atoms with Crippen LogP contribution in [0.5, 0.6) is 0 Å². The van der Waals surface area contributed by atoms with Crippen molar-refractivity contribution in [3.63, 3.8) is 0 Å². The minimum Gasteiger partial charge on any atom is -0.481 e. The third kappa shape index (κ3) is 8.58. The lowest BCUT2D eigenvalue weighted by Crippen LogP contribution is -2.60. The van der Waals surface area contributed by atoms with Gasteiger partial charge in [-0.25, -0.2) is 4.79 Å². The fourth-order valence-corrected chi connectivity index (χ4v) is 6.08. The molecule has 222 valence electrons. The highest BCUT2D eigenvalue weighted by Gasteiger charge is 2.46. The molecular formula is C30H39Cl2N5O4. The zero-order valence-corrected chi connectivity index (χ0v) is 25.3. The summed E-state index contributed by atoms with van der Waals surface area (Å²) >= 11 is 12.5. The molecule has 0 bridgehead atoms. The number of carbonyl (C=O) groups excluding carboxylic acids is 2. The van der Waals surface area contributed by atoms with Crippen molar-refractivity contribution >= 4 is 46.8 Å². The van der Waals surface area contributed by atoms with Crippen LogP contribution >= 0.6 is 23.2 Å². The first kappa shape index (κ1) is 31.1. The number of amides is 3.